The number of nitrogens with two attached hydrogens (primary N) is 1. The lowest BCUT2D eigenvalue weighted by Gasteiger charge is -2.01. The van der Waals surface area contributed by atoms with Crippen LogP contribution >= 0.6 is 0 Å². The molecule has 6 heteroatoms. The Morgan fingerprint density at radius 3 is 2.89 bits per heavy atom. The third kappa shape index (κ3) is 1.58. The van der Waals surface area contributed by atoms with Gasteiger partial charge in [-0.15, -0.1) is 0 Å². The molecule has 0 saturated heterocycles. The minimum atomic E-state index is -0.400. The summed E-state index contributed by atoms with van der Waals surface area (Å²) in [4.78, 5) is 15.3. The highest BCUT2D eigenvalue weighted by atomic mass is 19.1. The number of aryl methyl sites for hydroxylation is 1. The van der Waals surface area contributed by atoms with Crippen LogP contribution in [-0.2, 0) is 0 Å². The van der Waals surface area contributed by atoms with Crippen molar-refractivity contribution in [3.63, 3.8) is 0 Å². The number of anilines is 1. The van der Waals surface area contributed by atoms with Crippen molar-refractivity contribution >= 4 is 16.9 Å². The fraction of sp³-hybridized carbons (Fsp3) is 0.0833. The lowest BCUT2D eigenvalue weighted by Crippen LogP contribution is -1.98. The average molecular weight is 243 g/mol. The molecule has 3 aromatic heterocycles. The lowest BCUT2D eigenvalue weighted by atomic mass is 10.2. The maximum absolute atomic E-state index is 13.2. The van der Waals surface area contributed by atoms with Crippen molar-refractivity contribution in [2.24, 2.45) is 0 Å². The van der Waals surface area contributed by atoms with Gasteiger partial charge in [-0.05, 0) is 13.0 Å². The normalized spacial score (nSPS) is 11.0. The molecule has 0 aromatic carbocycles. The lowest BCUT2D eigenvalue weighted by molar-refractivity contribution is 0.624. The number of hydrogen-bond acceptors (Lipinski definition) is 4. The van der Waals surface area contributed by atoms with Gasteiger partial charge in [0.25, 0.3) is 0 Å². The zero-order valence-electron chi connectivity index (χ0n) is 9.61. The number of pyridine rings is 1. The van der Waals surface area contributed by atoms with Crippen LogP contribution in [0.5, 0.6) is 0 Å². The molecule has 0 aliphatic heterocycles. The monoisotopic (exact) mass is 243 g/mol. The number of H-pyrrole nitrogens is 1. The third-order valence-corrected chi connectivity index (χ3v) is 2.75. The molecule has 0 spiro atoms. The fourth-order valence-electron chi connectivity index (χ4n) is 1.75. The van der Waals surface area contributed by atoms with E-state index in [2.05, 4.69) is 19.9 Å². The standard InChI is InChI=1S/C12H10FN5/c1-6-3-15-12(18-10(6)14)9-5-17-11-8(9)2-7(13)4-16-11/h2-5H,1H3,(H,16,17)(H2,14,15,18). The molecule has 0 saturated carbocycles. The molecule has 0 aliphatic rings. The molecular formula is C12H10FN5. The summed E-state index contributed by atoms with van der Waals surface area (Å²) >= 11 is 0. The molecule has 0 atom stereocenters. The van der Waals surface area contributed by atoms with Gasteiger partial charge < -0.3 is 10.7 Å². The molecular weight excluding hydrogens is 233 g/mol. The fourth-order valence-corrected chi connectivity index (χ4v) is 1.75. The number of nitrogens with zero attached hydrogens (tertiary/aromatic N) is 3. The summed E-state index contributed by atoms with van der Waals surface area (Å²) in [5.41, 5.74) is 7.83. The van der Waals surface area contributed by atoms with E-state index in [9.17, 15) is 4.39 Å². The Hall–Kier alpha value is -2.50. The summed E-state index contributed by atoms with van der Waals surface area (Å²) in [6.45, 7) is 1.83. The molecule has 5 nitrogen and oxygen atoms in total. The maximum Gasteiger partial charge on any atom is 0.163 e. The van der Waals surface area contributed by atoms with E-state index in [1.165, 1.54) is 6.07 Å². The van der Waals surface area contributed by atoms with Crippen molar-refractivity contribution in [2.45, 2.75) is 6.92 Å². The second-order valence-electron chi connectivity index (χ2n) is 4.01. The van der Waals surface area contributed by atoms with Crippen molar-refractivity contribution in [3.8, 4) is 11.4 Å². The molecule has 3 rings (SSSR count). The third-order valence-electron chi connectivity index (χ3n) is 2.75. The molecule has 0 fully saturated rings. The molecule has 0 amide bonds. The zero-order chi connectivity index (χ0) is 12.7. The minimum absolute atomic E-state index is 0.400. The van der Waals surface area contributed by atoms with Crippen LogP contribution in [0.25, 0.3) is 22.4 Å². The van der Waals surface area contributed by atoms with Crippen LogP contribution in [0.3, 0.4) is 0 Å². The van der Waals surface area contributed by atoms with Crippen LogP contribution in [-0.4, -0.2) is 19.9 Å². The molecule has 3 N–H and O–H groups in total. The summed E-state index contributed by atoms with van der Waals surface area (Å²) in [6.07, 6.45) is 4.50. The first kappa shape index (κ1) is 10.6. The molecule has 0 aliphatic carbocycles. The Balaban J connectivity index is 2.24. The first-order valence-corrected chi connectivity index (χ1v) is 5.37. The quantitative estimate of drug-likeness (QED) is 0.685. The van der Waals surface area contributed by atoms with Crippen LogP contribution in [0, 0.1) is 12.7 Å². The van der Waals surface area contributed by atoms with Gasteiger partial charge in [-0.25, -0.2) is 19.3 Å². The molecule has 18 heavy (non-hydrogen) atoms. The Kier molecular flexibility index (Phi) is 2.22. The predicted molar refractivity (Wildman–Crippen MR) is 66.2 cm³/mol. The average Bonchev–Trinajstić information content (AvgIpc) is 2.75. The van der Waals surface area contributed by atoms with Crippen molar-refractivity contribution in [2.75, 3.05) is 5.73 Å². The Morgan fingerprint density at radius 1 is 1.28 bits per heavy atom. The Morgan fingerprint density at radius 2 is 2.11 bits per heavy atom. The van der Waals surface area contributed by atoms with E-state index in [1.807, 2.05) is 6.92 Å². The van der Waals surface area contributed by atoms with Crippen LogP contribution in [0.1, 0.15) is 5.56 Å². The van der Waals surface area contributed by atoms with E-state index < -0.39 is 5.82 Å². The zero-order valence-corrected chi connectivity index (χ0v) is 9.61. The molecule has 0 bridgehead atoms. The van der Waals surface area contributed by atoms with Gasteiger partial charge in [0, 0.05) is 28.9 Å². The number of nitrogen functional groups attached to an aromatic ring is 1. The van der Waals surface area contributed by atoms with E-state index in [0.29, 0.717) is 28.2 Å². The number of nitrogens with one attached hydrogen (secondary N) is 1. The largest absolute Gasteiger partial charge is 0.383 e. The smallest absolute Gasteiger partial charge is 0.163 e. The van der Waals surface area contributed by atoms with Gasteiger partial charge >= 0.3 is 0 Å². The minimum Gasteiger partial charge on any atom is -0.383 e. The summed E-state index contributed by atoms with van der Waals surface area (Å²) in [7, 11) is 0. The van der Waals surface area contributed by atoms with Gasteiger partial charge in [0.15, 0.2) is 5.82 Å². The molecule has 3 heterocycles. The first-order chi connectivity index (χ1) is 8.65. The summed E-state index contributed by atoms with van der Waals surface area (Å²) < 4.78 is 13.2. The van der Waals surface area contributed by atoms with Crippen LogP contribution in [0.4, 0.5) is 10.2 Å². The topological polar surface area (TPSA) is 80.5 Å². The van der Waals surface area contributed by atoms with Gasteiger partial charge in [-0.3, -0.25) is 0 Å². The number of hydrogen-bond donors (Lipinski definition) is 2. The van der Waals surface area contributed by atoms with E-state index in [-0.39, 0.29) is 0 Å². The van der Waals surface area contributed by atoms with Crippen molar-refractivity contribution in [1.29, 1.82) is 0 Å². The van der Waals surface area contributed by atoms with Gasteiger partial charge in [0.2, 0.25) is 0 Å². The Bertz CT molecular complexity index is 734. The van der Waals surface area contributed by atoms with E-state index in [1.54, 1.807) is 12.4 Å². The number of fused-ring (bicyclic) bond motifs is 1. The highest BCUT2D eigenvalue weighted by Crippen LogP contribution is 2.26. The highest BCUT2D eigenvalue weighted by molar-refractivity contribution is 5.91. The predicted octanol–water partition coefficient (Wildman–Crippen LogP) is 2.05. The maximum atomic E-state index is 13.2. The molecule has 3 aromatic rings. The number of aromatic nitrogens is 4. The molecule has 90 valence electrons. The Labute approximate surface area is 102 Å². The number of aromatic amines is 1. The van der Waals surface area contributed by atoms with Gasteiger partial charge in [-0.1, -0.05) is 0 Å². The van der Waals surface area contributed by atoms with Gasteiger partial charge in [0.1, 0.15) is 17.3 Å². The van der Waals surface area contributed by atoms with Crippen molar-refractivity contribution in [3.05, 3.63) is 36.0 Å². The van der Waals surface area contributed by atoms with Crippen LogP contribution in [0.15, 0.2) is 24.7 Å². The van der Waals surface area contributed by atoms with Crippen LogP contribution in [0.2, 0.25) is 0 Å². The van der Waals surface area contributed by atoms with E-state index in [0.717, 1.165) is 11.8 Å². The van der Waals surface area contributed by atoms with E-state index >= 15 is 0 Å². The van der Waals surface area contributed by atoms with Crippen molar-refractivity contribution < 1.29 is 4.39 Å². The number of halogens is 1. The summed E-state index contributed by atoms with van der Waals surface area (Å²) in [6, 6.07) is 1.40. The molecule has 0 radical (unpaired) electrons. The summed E-state index contributed by atoms with van der Waals surface area (Å²) in [5, 5.41) is 0.637. The first-order valence-electron chi connectivity index (χ1n) is 5.37. The van der Waals surface area contributed by atoms with Crippen molar-refractivity contribution in [1.82, 2.24) is 19.9 Å². The highest BCUT2D eigenvalue weighted by Gasteiger charge is 2.11. The van der Waals surface area contributed by atoms with Gasteiger partial charge in [0.05, 0.1) is 6.20 Å². The second-order valence-corrected chi connectivity index (χ2v) is 4.01. The van der Waals surface area contributed by atoms with E-state index in [4.69, 9.17) is 5.73 Å². The SMILES string of the molecule is Cc1cnc(-c2c[nH]c3ncc(F)cc23)nc1N. The van der Waals surface area contributed by atoms with Gasteiger partial charge in [-0.2, -0.15) is 0 Å². The summed E-state index contributed by atoms with van der Waals surface area (Å²) in [5.74, 6) is 0.471. The second kappa shape index (κ2) is 3.76. The van der Waals surface area contributed by atoms with Crippen LogP contribution < -0.4 is 5.73 Å². The number of rotatable bonds is 1. The molecule has 0 unspecified atom stereocenters.